The molecule has 1 aliphatic heterocycles. The Bertz CT molecular complexity index is 574. The number of nitrogens with zero attached hydrogens (tertiary/aromatic N) is 2. The van der Waals surface area contributed by atoms with Crippen molar-refractivity contribution in [3.63, 3.8) is 0 Å². The van der Waals surface area contributed by atoms with E-state index in [1.807, 2.05) is 12.1 Å². The normalized spacial score (nSPS) is 19.8. The van der Waals surface area contributed by atoms with Gasteiger partial charge in [0.25, 0.3) is 0 Å². The lowest BCUT2D eigenvalue weighted by atomic mass is 9.95. The fourth-order valence-corrected chi connectivity index (χ4v) is 3.21. The number of hydrogen-bond donors (Lipinski definition) is 2. The molecule has 0 unspecified atom stereocenters. The SMILES string of the molecule is CN=C(NCCN1CCOCC1)NCC1(c2ccccc2F)CC1.I. The van der Waals surface area contributed by atoms with E-state index in [1.165, 1.54) is 0 Å². The van der Waals surface area contributed by atoms with Crippen LogP contribution in [0.4, 0.5) is 4.39 Å². The second-order valence-electron chi connectivity index (χ2n) is 6.57. The minimum Gasteiger partial charge on any atom is -0.379 e. The molecule has 25 heavy (non-hydrogen) atoms. The molecule has 0 bridgehead atoms. The molecule has 0 aromatic heterocycles. The van der Waals surface area contributed by atoms with Crippen LogP contribution in [0.15, 0.2) is 29.3 Å². The summed E-state index contributed by atoms with van der Waals surface area (Å²) < 4.78 is 19.4. The van der Waals surface area contributed by atoms with Crippen molar-refractivity contribution in [2.24, 2.45) is 4.99 Å². The van der Waals surface area contributed by atoms with E-state index >= 15 is 0 Å². The van der Waals surface area contributed by atoms with Crippen LogP contribution < -0.4 is 10.6 Å². The van der Waals surface area contributed by atoms with Crippen molar-refractivity contribution in [2.75, 3.05) is 53.0 Å². The lowest BCUT2D eigenvalue weighted by Gasteiger charge is -2.27. The van der Waals surface area contributed by atoms with E-state index in [9.17, 15) is 4.39 Å². The Labute approximate surface area is 166 Å². The Balaban J connectivity index is 0.00000225. The van der Waals surface area contributed by atoms with Crippen molar-refractivity contribution >= 4 is 29.9 Å². The summed E-state index contributed by atoms with van der Waals surface area (Å²) in [6.07, 6.45) is 2.04. The van der Waals surface area contributed by atoms with Gasteiger partial charge >= 0.3 is 0 Å². The summed E-state index contributed by atoms with van der Waals surface area (Å²) in [6, 6.07) is 7.10. The van der Waals surface area contributed by atoms with Crippen LogP contribution in [0.2, 0.25) is 0 Å². The van der Waals surface area contributed by atoms with Crippen LogP contribution in [0.1, 0.15) is 18.4 Å². The van der Waals surface area contributed by atoms with Gasteiger partial charge in [0.15, 0.2) is 5.96 Å². The average Bonchev–Trinajstić information content (AvgIpc) is 3.40. The van der Waals surface area contributed by atoms with Crippen molar-refractivity contribution in [1.29, 1.82) is 0 Å². The van der Waals surface area contributed by atoms with E-state index in [-0.39, 0.29) is 35.2 Å². The van der Waals surface area contributed by atoms with Gasteiger partial charge in [-0.2, -0.15) is 0 Å². The van der Waals surface area contributed by atoms with Crippen molar-refractivity contribution < 1.29 is 9.13 Å². The predicted molar refractivity (Wildman–Crippen MR) is 109 cm³/mol. The minimum atomic E-state index is -0.105. The highest BCUT2D eigenvalue weighted by atomic mass is 127. The van der Waals surface area contributed by atoms with E-state index in [4.69, 9.17) is 4.74 Å². The first-order valence-electron chi connectivity index (χ1n) is 8.73. The van der Waals surface area contributed by atoms with Gasteiger partial charge in [-0.15, -0.1) is 24.0 Å². The summed E-state index contributed by atoms with van der Waals surface area (Å²) >= 11 is 0. The van der Waals surface area contributed by atoms with Crippen molar-refractivity contribution in [3.8, 4) is 0 Å². The van der Waals surface area contributed by atoms with Crippen molar-refractivity contribution in [1.82, 2.24) is 15.5 Å². The van der Waals surface area contributed by atoms with Crippen LogP contribution in [0.25, 0.3) is 0 Å². The molecule has 0 atom stereocenters. The largest absolute Gasteiger partial charge is 0.379 e. The third kappa shape index (κ3) is 5.52. The molecular formula is C18H28FIN4O. The third-order valence-electron chi connectivity index (χ3n) is 4.94. The molecule has 1 aromatic rings. The average molecular weight is 462 g/mol. The highest BCUT2D eigenvalue weighted by Gasteiger charge is 2.45. The van der Waals surface area contributed by atoms with E-state index in [2.05, 4.69) is 20.5 Å². The van der Waals surface area contributed by atoms with Crippen LogP contribution in [-0.4, -0.2) is 63.8 Å². The molecule has 1 aromatic carbocycles. The number of rotatable bonds is 6. The number of hydrogen-bond acceptors (Lipinski definition) is 3. The van der Waals surface area contributed by atoms with Gasteiger partial charge in [-0.1, -0.05) is 18.2 Å². The molecule has 1 saturated carbocycles. The molecule has 0 amide bonds. The summed E-state index contributed by atoms with van der Waals surface area (Å²) in [5.41, 5.74) is 0.744. The fourth-order valence-electron chi connectivity index (χ4n) is 3.21. The van der Waals surface area contributed by atoms with E-state index in [0.717, 1.165) is 63.8 Å². The number of ether oxygens (including phenoxy) is 1. The fraction of sp³-hybridized carbons (Fsp3) is 0.611. The van der Waals surface area contributed by atoms with Crippen LogP contribution in [0, 0.1) is 5.82 Å². The molecule has 1 aliphatic carbocycles. The second kappa shape index (κ2) is 9.68. The summed E-state index contributed by atoms with van der Waals surface area (Å²) in [6.45, 7) is 6.14. The molecule has 2 aliphatic rings. The number of morpholine rings is 1. The molecule has 2 N–H and O–H groups in total. The van der Waals surface area contributed by atoms with Crippen molar-refractivity contribution in [3.05, 3.63) is 35.6 Å². The number of aliphatic imine (C=N–C) groups is 1. The molecule has 7 heteroatoms. The maximum absolute atomic E-state index is 14.1. The lowest BCUT2D eigenvalue weighted by molar-refractivity contribution is 0.0389. The topological polar surface area (TPSA) is 48.9 Å². The summed E-state index contributed by atoms with van der Waals surface area (Å²) in [5, 5.41) is 6.71. The van der Waals surface area contributed by atoms with Crippen LogP contribution >= 0.6 is 24.0 Å². The summed E-state index contributed by atoms with van der Waals surface area (Å²) in [7, 11) is 1.77. The first kappa shape index (κ1) is 20.4. The first-order valence-corrected chi connectivity index (χ1v) is 8.73. The molecule has 140 valence electrons. The maximum atomic E-state index is 14.1. The van der Waals surface area contributed by atoms with Gasteiger partial charge in [0.1, 0.15) is 5.82 Å². The van der Waals surface area contributed by atoms with Crippen molar-refractivity contribution in [2.45, 2.75) is 18.3 Å². The first-order chi connectivity index (χ1) is 11.7. The smallest absolute Gasteiger partial charge is 0.191 e. The Morgan fingerprint density at radius 3 is 2.60 bits per heavy atom. The quantitative estimate of drug-likeness (QED) is 0.386. The van der Waals surface area contributed by atoms with E-state index < -0.39 is 0 Å². The molecular weight excluding hydrogens is 434 g/mol. The maximum Gasteiger partial charge on any atom is 0.191 e. The van der Waals surface area contributed by atoms with Crippen LogP contribution in [-0.2, 0) is 10.2 Å². The molecule has 0 radical (unpaired) electrons. The highest BCUT2D eigenvalue weighted by Crippen LogP contribution is 2.48. The molecule has 1 saturated heterocycles. The Morgan fingerprint density at radius 2 is 1.96 bits per heavy atom. The minimum absolute atomic E-state index is 0. The second-order valence-corrected chi connectivity index (χ2v) is 6.57. The molecule has 5 nitrogen and oxygen atoms in total. The number of guanidine groups is 1. The van der Waals surface area contributed by atoms with Gasteiger partial charge < -0.3 is 15.4 Å². The van der Waals surface area contributed by atoms with Gasteiger partial charge in [-0.05, 0) is 24.5 Å². The van der Waals surface area contributed by atoms with Crippen LogP contribution in [0.5, 0.6) is 0 Å². The molecule has 2 fully saturated rings. The third-order valence-corrected chi connectivity index (χ3v) is 4.94. The molecule has 0 spiro atoms. The highest BCUT2D eigenvalue weighted by molar-refractivity contribution is 14.0. The number of halogens is 2. The number of benzene rings is 1. The lowest BCUT2D eigenvalue weighted by Crippen LogP contribution is -2.45. The van der Waals surface area contributed by atoms with Gasteiger partial charge in [0, 0.05) is 45.2 Å². The standard InChI is InChI=1S/C18H27FN4O.HI/c1-20-17(21-8-9-23-10-12-24-13-11-23)22-14-18(6-7-18)15-4-2-3-5-16(15)19;/h2-5H,6-14H2,1H3,(H2,20,21,22);1H. The Kier molecular flexibility index (Phi) is 7.89. The van der Waals surface area contributed by atoms with Gasteiger partial charge in [0.05, 0.1) is 13.2 Å². The molecule has 1 heterocycles. The zero-order chi connectivity index (χ0) is 16.8. The molecule has 3 rings (SSSR count). The van der Waals surface area contributed by atoms with E-state index in [0.29, 0.717) is 6.54 Å². The predicted octanol–water partition coefficient (Wildman–Crippen LogP) is 1.97. The van der Waals surface area contributed by atoms with Gasteiger partial charge in [-0.3, -0.25) is 9.89 Å². The number of nitrogens with one attached hydrogen (secondary N) is 2. The summed E-state index contributed by atoms with van der Waals surface area (Å²) in [5.74, 6) is 0.679. The Hall–Kier alpha value is -0.930. The van der Waals surface area contributed by atoms with Gasteiger partial charge in [0.2, 0.25) is 0 Å². The Morgan fingerprint density at radius 1 is 1.24 bits per heavy atom. The zero-order valence-electron chi connectivity index (χ0n) is 14.8. The van der Waals surface area contributed by atoms with Gasteiger partial charge in [-0.25, -0.2) is 4.39 Å². The monoisotopic (exact) mass is 462 g/mol. The zero-order valence-corrected chi connectivity index (χ0v) is 17.1. The van der Waals surface area contributed by atoms with E-state index in [1.54, 1.807) is 19.2 Å². The summed E-state index contributed by atoms with van der Waals surface area (Å²) in [4.78, 5) is 6.66. The van der Waals surface area contributed by atoms with Crippen LogP contribution in [0.3, 0.4) is 0 Å².